The molecule has 4 atom stereocenters. The van der Waals surface area contributed by atoms with E-state index in [0.29, 0.717) is 37.5 Å². The zero-order valence-corrected chi connectivity index (χ0v) is 28.6. The maximum atomic E-state index is 11.9. The van der Waals surface area contributed by atoms with Crippen LogP contribution in [0.3, 0.4) is 0 Å². The summed E-state index contributed by atoms with van der Waals surface area (Å²) < 4.78 is 26.2. The lowest BCUT2D eigenvalue weighted by atomic mass is 9.76. The van der Waals surface area contributed by atoms with Gasteiger partial charge in [0, 0.05) is 44.2 Å². The minimum Gasteiger partial charge on any atom is -0.497 e. The number of nitrogens with one attached hydrogen (secondary N) is 1. The molecule has 1 N–H and O–H groups in total. The molecule has 254 valence electrons. The number of fused-ring (bicyclic) bond motifs is 2. The normalized spacial score (nSPS) is 28.0. The van der Waals surface area contributed by atoms with Crippen molar-refractivity contribution in [2.45, 2.75) is 109 Å². The second-order valence-corrected chi connectivity index (χ2v) is 14.7. The van der Waals surface area contributed by atoms with E-state index in [0.717, 1.165) is 47.9 Å². The number of ether oxygens (including phenoxy) is 4. The Morgan fingerprint density at radius 2 is 1.89 bits per heavy atom. The summed E-state index contributed by atoms with van der Waals surface area (Å²) in [5.41, 5.74) is 3.29. The molecule has 47 heavy (non-hydrogen) atoms. The third-order valence-corrected chi connectivity index (χ3v) is 10.9. The van der Waals surface area contributed by atoms with Gasteiger partial charge in [-0.2, -0.15) is 0 Å². The van der Waals surface area contributed by atoms with Crippen LogP contribution in [0.1, 0.15) is 82.9 Å². The van der Waals surface area contributed by atoms with E-state index < -0.39 is 5.79 Å². The van der Waals surface area contributed by atoms with Crippen LogP contribution in [0.25, 0.3) is 11.0 Å². The highest BCUT2D eigenvalue weighted by Gasteiger charge is 2.55. The molecule has 0 amide bonds. The predicted molar refractivity (Wildman–Crippen MR) is 180 cm³/mol. The predicted octanol–water partition coefficient (Wildman–Crippen LogP) is 6.28. The number of carbonyl (C=O) groups is 1. The lowest BCUT2D eigenvalue weighted by Crippen LogP contribution is -2.48. The number of anilines is 1. The molecule has 3 aliphatic carbocycles. The van der Waals surface area contributed by atoms with Gasteiger partial charge in [-0.05, 0) is 107 Å². The molecule has 1 aliphatic heterocycles. The quantitative estimate of drug-likeness (QED) is 0.203. The van der Waals surface area contributed by atoms with Crippen LogP contribution in [-0.2, 0) is 25.5 Å². The third kappa shape index (κ3) is 7.01. The van der Waals surface area contributed by atoms with Gasteiger partial charge in [0.15, 0.2) is 5.79 Å². The van der Waals surface area contributed by atoms with E-state index in [2.05, 4.69) is 51.1 Å². The molecule has 10 nitrogen and oxygen atoms in total. The van der Waals surface area contributed by atoms with Crippen LogP contribution >= 0.6 is 0 Å². The number of nitrogens with zero attached hydrogens (tertiary/aromatic N) is 4. The van der Waals surface area contributed by atoms with Gasteiger partial charge in [-0.25, -0.2) is 9.97 Å². The Morgan fingerprint density at radius 1 is 1.09 bits per heavy atom. The highest BCUT2D eigenvalue weighted by atomic mass is 16.8. The van der Waals surface area contributed by atoms with Gasteiger partial charge in [0.25, 0.3) is 0 Å². The van der Waals surface area contributed by atoms with Gasteiger partial charge in [0.1, 0.15) is 29.6 Å². The molecule has 4 fully saturated rings. The molecular weight excluding hydrogens is 594 g/mol. The molecule has 3 saturated carbocycles. The van der Waals surface area contributed by atoms with Crippen LogP contribution in [-0.4, -0.2) is 76.2 Å². The van der Waals surface area contributed by atoms with E-state index >= 15 is 0 Å². The van der Waals surface area contributed by atoms with E-state index in [1.165, 1.54) is 43.4 Å². The summed E-state index contributed by atoms with van der Waals surface area (Å²) in [4.78, 5) is 24.1. The zero-order chi connectivity index (χ0) is 32.7. The lowest BCUT2D eigenvalue weighted by molar-refractivity contribution is -0.161. The van der Waals surface area contributed by atoms with E-state index in [1.54, 1.807) is 13.4 Å². The van der Waals surface area contributed by atoms with Crippen LogP contribution in [0.2, 0.25) is 0 Å². The second kappa shape index (κ2) is 13.4. The highest BCUT2D eigenvalue weighted by molar-refractivity contribution is 5.87. The van der Waals surface area contributed by atoms with E-state index in [-0.39, 0.29) is 24.2 Å². The Hall–Kier alpha value is -3.21. The summed E-state index contributed by atoms with van der Waals surface area (Å²) in [6.07, 6.45) is 11.3. The minimum absolute atomic E-state index is 0.0336. The lowest BCUT2D eigenvalue weighted by Gasteiger charge is -2.44. The molecular formula is C37H51N5O5. The van der Waals surface area contributed by atoms with Gasteiger partial charge in [-0.1, -0.05) is 6.07 Å². The molecule has 3 aromatic rings. The maximum Gasteiger partial charge on any atom is 0.305 e. The summed E-state index contributed by atoms with van der Waals surface area (Å²) in [5, 5.41) is 4.57. The van der Waals surface area contributed by atoms with Crippen molar-refractivity contribution >= 4 is 22.8 Å². The topological polar surface area (TPSA) is 100.0 Å². The molecule has 4 aliphatic rings. The molecule has 0 unspecified atom stereocenters. The van der Waals surface area contributed by atoms with Gasteiger partial charge in [0.2, 0.25) is 0 Å². The van der Waals surface area contributed by atoms with Crippen LogP contribution in [0.15, 0.2) is 36.8 Å². The smallest absolute Gasteiger partial charge is 0.305 e. The van der Waals surface area contributed by atoms with E-state index in [1.807, 2.05) is 26.8 Å². The Balaban J connectivity index is 1.06. The number of esters is 1. The highest BCUT2D eigenvalue weighted by Crippen LogP contribution is 2.49. The van der Waals surface area contributed by atoms with Crippen LogP contribution in [0, 0.1) is 24.7 Å². The Kier molecular flexibility index (Phi) is 9.19. The van der Waals surface area contributed by atoms with Crippen molar-refractivity contribution in [3.63, 3.8) is 0 Å². The number of aromatic nitrogens is 3. The number of rotatable bonds is 14. The van der Waals surface area contributed by atoms with Gasteiger partial charge in [-0.3, -0.25) is 9.69 Å². The summed E-state index contributed by atoms with van der Waals surface area (Å²) in [6.45, 7) is 11.4. The van der Waals surface area contributed by atoms with Crippen molar-refractivity contribution in [1.82, 2.24) is 19.4 Å². The average Bonchev–Trinajstić information content (AvgIpc) is 3.52. The first kappa shape index (κ1) is 32.3. The number of hydrogen-bond acceptors (Lipinski definition) is 9. The van der Waals surface area contributed by atoms with Crippen LogP contribution in [0.5, 0.6) is 5.75 Å². The number of benzene rings is 1. The first-order valence-corrected chi connectivity index (χ1v) is 17.7. The number of aryl methyl sites for hydroxylation is 1. The van der Waals surface area contributed by atoms with Gasteiger partial charge < -0.3 is 28.8 Å². The molecule has 3 heterocycles. The van der Waals surface area contributed by atoms with Gasteiger partial charge in [-0.15, -0.1) is 0 Å². The summed E-state index contributed by atoms with van der Waals surface area (Å²) in [7, 11) is 1.69. The molecule has 0 spiro atoms. The fourth-order valence-electron chi connectivity index (χ4n) is 8.16. The molecule has 7 rings (SSSR count). The number of carbonyl (C=O) groups excluding carboxylic acids is 1. The second-order valence-electron chi connectivity index (χ2n) is 14.7. The molecule has 2 aromatic heterocycles. The monoisotopic (exact) mass is 645 g/mol. The Bertz CT molecular complexity index is 1560. The van der Waals surface area contributed by atoms with E-state index in [4.69, 9.17) is 23.9 Å². The fourth-order valence-corrected chi connectivity index (χ4v) is 8.16. The Morgan fingerprint density at radius 3 is 2.64 bits per heavy atom. The van der Waals surface area contributed by atoms with Crippen molar-refractivity contribution < 1.29 is 23.7 Å². The molecule has 10 heteroatoms. The van der Waals surface area contributed by atoms with Gasteiger partial charge >= 0.3 is 5.97 Å². The summed E-state index contributed by atoms with van der Waals surface area (Å²) >= 11 is 0. The SMILES string of the molecule is CCOC(=O)CCC1CC(N(CC2CC2)C[C@H]2C[C@@H](n3ccc4c(NCc5ccc(OC)cc5C)ncnc43)[C@@H]3OC(C)(C)O[C@H]23)C1. The van der Waals surface area contributed by atoms with Crippen molar-refractivity contribution in [2.75, 3.05) is 32.1 Å². The van der Waals surface area contributed by atoms with Crippen molar-refractivity contribution in [1.29, 1.82) is 0 Å². The van der Waals surface area contributed by atoms with E-state index in [9.17, 15) is 4.79 Å². The number of methoxy groups -OCH3 is 1. The number of hydrogen-bond donors (Lipinski definition) is 1. The standard InChI is InChI=1S/C37H51N5O5/c1-6-45-32(43)12-9-25-16-28(17-25)41(20-24-7-8-24)21-27-18-31(34-33(27)46-37(3,4)47-34)42-14-13-30-35(39-22-40-36(30)42)38-19-26-10-11-29(44-5)15-23(26)2/h10-11,13-15,22,24-25,27-28,31,33-34H,6-9,12,16-21H2,1-5H3,(H,38,39,40)/t25?,27-,28?,31-,33-,34+/m1/s1. The van der Waals surface area contributed by atoms with Crippen LogP contribution < -0.4 is 10.1 Å². The molecule has 1 saturated heterocycles. The van der Waals surface area contributed by atoms with Crippen LogP contribution in [0.4, 0.5) is 5.82 Å². The average molecular weight is 646 g/mol. The first-order valence-electron chi connectivity index (χ1n) is 17.7. The maximum absolute atomic E-state index is 11.9. The molecule has 0 radical (unpaired) electrons. The first-order chi connectivity index (χ1) is 22.7. The molecule has 1 aromatic carbocycles. The summed E-state index contributed by atoms with van der Waals surface area (Å²) in [6, 6.07) is 8.99. The zero-order valence-electron chi connectivity index (χ0n) is 28.6. The minimum atomic E-state index is -0.622. The largest absolute Gasteiger partial charge is 0.497 e. The molecule has 0 bridgehead atoms. The third-order valence-electron chi connectivity index (χ3n) is 10.9. The Labute approximate surface area is 278 Å². The fraction of sp³-hybridized carbons (Fsp3) is 0.649. The van der Waals surface area contributed by atoms with Crippen molar-refractivity contribution in [3.8, 4) is 5.75 Å². The summed E-state index contributed by atoms with van der Waals surface area (Å²) in [5.74, 6) is 2.80. The van der Waals surface area contributed by atoms with Crippen molar-refractivity contribution in [3.05, 3.63) is 47.9 Å². The van der Waals surface area contributed by atoms with Crippen molar-refractivity contribution in [2.24, 2.45) is 17.8 Å². The van der Waals surface area contributed by atoms with Gasteiger partial charge in [0.05, 0.1) is 31.2 Å².